The first kappa shape index (κ1) is 16.6. The fourth-order valence-electron chi connectivity index (χ4n) is 2.26. The second-order valence-electron chi connectivity index (χ2n) is 5.51. The van der Waals surface area contributed by atoms with E-state index < -0.39 is 0 Å². The lowest BCUT2D eigenvalue weighted by molar-refractivity contribution is 0.0945. The van der Waals surface area contributed by atoms with Gasteiger partial charge < -0.3 is 10.6 Å². The van der Waals surface area contributed by atoms with Crippen LogP contribution in [0.5, 0.6) is 0 Å². The van der Waals surface area contributed by atoms with Gasteiger partial charge in [0.05, 0.1) is 12.4 Å². The summed E-state index contributed by atoms with van der Waals surface area (Å²) in [5.74, 6) is 0.322. The molecule has 0 bridgehead atoms. The van der Waals surface area contributed by atoms with Crippen molar-refractivity contribution in [3.8, 4) is 0 Å². The average molecular weight is 333 g/mol. The average Bonchev–Trinajstić information content (AvgIpc) is 2.68. The van der Waals surface area contributed by atoms with Crippen molar-refractivity contribution in [1.29, 1.82) is 0 Å². The van der Waals surface area contributed by atoms with E-state index in [9.17, 15) is 4.79 Å². The molecule has 0 aliphatic carbocycles. The van der Waals surface area contributed by atoms with Crippen LogP contribution in [0.15, 0.2) is 61.2 Å². The van der Waals surface area contributed by atoms with Gasteiger partial charge in [-0.05, 0) is 35.7 Å². The van der Waals surface area contributed by atoms with Crippen molar-refractivity contribution in [2.24, 2.45) is 0 Å². The zero-order chi connectivity index (χ0) is 17.5. The van der Waals surface area contributed by atoms with E-state index in [1.165, 1.54) is 11.8 Å². The number of hydrogen-bond acceptors (Lipinski definition) is 5. The molecule has 25 heavy (non-hydrogen) atoms. The van der Waals surface area contributed by atoms with Crippen LogP contribution in [-0.2, 0) is 13.0 Å². The Morgan fingerprint density at radius 3 is 2.48 bits per heavy atom. The van der Waals surface area contributed by atoms with Gasteiger partial charge in [0.25, 0.3) is 5.91 Å². The summed E-state index contributed by atoms with van der Waals surface area (Å²) in [6.45, 7) is 2.52. The van der Waals surface area contributed by atoms with Gasteiger partial charge in [0, 0.05) is 24.6 Å². The highest BCUT2D eigenvalue weighted by Gasteiger charge is 2.08. The fourth-order valence-corrected chi connectivity index (χ4v) is 2.26. The molecule has 3 aromatic rings. The topological polar surface area (TPSA) is 79.8 Å². The van der Waals surface area contributed by atoms with Gasteiger partial charge in [0.15, 0.2) is 0 Å². The number of carbonyl (C=O) groups excluding carboxylic acids is 1. The Bertz CT molecular complexity index is 817. The minimum absolute atomic E-state index is 0.268. The summed E-state index contributed by atoms with van der Waals surface area (Å²) >= 11 is 0. The van der Waals surface area contributed by atoms with Crippen LogP contribution >= 0.6 is 0 Å². The molecule has 0 aliphatic rings. The molecule has 0 fully saturated rings. The summed E-state index contributed by atoms with van der Waals surface area (Å²) < 4.78 is 0. The minimum atomic E-state index is -0.268. The van der Waals surface area contributed by atoms with Crippen LogP contribution in [0.25, 0.3) is 0 Å². The van der Waals surface area contributed by atoms with Gasteiger partial charge in [0.2, 0.25) is 0 Å². The number of aryl methyl sites for hydroxylation is 1. The first-order valence-corrected chi connectivity index (χ1v) is 8.09. The Morgan fingerprint density at radius 1 is 1.00 bits per heavy atom. The largest absolute Gasteiger partial charge is 0.347 e. The van der Waals surface area contributed by atoms with Crippen molar-refractivity contribution >= 4 is 17.4 Å². The molecule has 0 saturated heterocycles. The first-order valence-electron chi connectivity index (χ1n) is 8.09. The van der Waals surface area contributed by atoms with Crippen LogP contribution in [0.2, 0.25) is 0 Å². The molecule has 0 aliphatic heterocycles. The monoisotopic (exact) mass is 333 g/mol. The third kappa shape index (κ3) is 4.60. The highest BCUT2D eigenvalue weighted by atomic mass is 16.1. The molecule has 3 rings (SSSR count). The molecule has 0 saturated carbocycles. The van der Waals surface area contributed by atoms with Crippen molar-refractivity contribution in [3.63, 3.8) is 0 Å². The van der Waals surface area contributed by atoms with E-state index in [1.807, 2.05) is 24.3 Å². The quantitative estimate of drug-likeness (QED) is 0.724. The van der Waals surface area contributed by atoms with E-state index in [1.54, 1.807) is 18.6 Å². The predicted molar refractivity (Wildman–Crippen MR) is 96.5 cm³/mol. The number of pyridine rings is 1. The molecule has 6 heteroatoms. The van der Waals surface area contributed by atoms with Gasteiger partial charge in [-0.2, -0.15) is 0 Å². The smallest absolute Gasteiger partial charge is 0.271 e. The Labute approximate surface area is 146 Å². The van der Waals surface area contributed by atoms with Crippen molar-refractivity contribution in [2.45, 2.75) is 19.9 Å². The summed E-state index contributed by atoms with van der Waals surface area (Å²) in [5, 5.41) is 5.96. The molecule has 2 aromatic heterocycles. The lowest BCUT2D eigenvalue weighted by Crippen LogP contribution is -2.24. The Kier molecular flexibility index (Phi) is 5.31. The number of aromatic nitrogens is 3. The maximum absolute atomic E-state index is 12.1. The van der Waals surface area contributed by atoms with Crippen LogP contribution in [0.3, 0.4) is 0 Å². The van der Waals surface area contributed by atoms with E-state index in [2.05, 4.69) is 44.6 Å². The highest BCUT2D eigenvalue weighted by molar-refractivity contribution is 5.92. The Balaban J connectivity index is 1.58. The lowest BCUT2D eigenvalue weighted by atomic mass is 10.1. The number of anilines is 2. The lowest BCUT2D eigenvalue weighted by Gasteiger charge is -2.07. The molecular formula is C19H19N5O. The first-order chi connectivity index (χ1) is 12.2. The molecular weight excluding hydrogens is 314 g/mol. The molecule has 2 heterocycles. The van der Waals surface area contributed by atoms with Crippen molar-refractivity contribution in [2.75, 3.05) is 5.32 Å². The molecule has 126 valence electrons. The van der Waals surface area contributed by atoms with Crippen molar-refractivity contribution in [3.05, 3.63) is 78.0 Å². The number of carbonyl (C=O) groups is 1. The van der Waals surface area contributed by atoms with Crippen LogP contribution in [0.4, 0.5) is 11.5 Å². The maximum atomic E-state index is 12.1. The highest BCUT2D eigenvalue weighted by Crippen LogP contribution is 2.15. The molecule has 0 atom stereocenters. The van der Waals surface area contributed by atoms with E-state index >= 15 is 0 Å². The van der Waals surface area contributed by atoms with Gasteiger partial charge in [-0.1, -0.05) is 25.1 Å². The van der Waals surface area contributed by atoms with Crippen LogP contribution in [0.1, 0.15) is 28.5 Å². The summed E-state index contributed by atoms with van der Waals surface area (Å²) in [7, 11) is 0. The zero-order valence-corrected chi connectivity index (χ0v) is 13.9. The fraction of sp³-hybridized carbons (Fsp3) is 0.158. The molecule has 6 nitrogen and oxygen atoms in total. The summed E-state index contributed by atoms with van der Waals surface area (Å²) in [6.07, 6.45) is 7.41. The maximum Gasteiger partial charge on any atom is 0.271 e. The van der Waals surface area contributed by atoms with Crippen LogP contribution < -0.4 is 10.6 Å². The van der Waals surface area contributed by atoms with Gasteiger partial charge >= 0.3 is 0 Å². The van der Waals surface area contributed by atoms with Crippen LogP contribution in [-0.4, -0.2) is 20.9 Å². The second kappa shape index (κ2) is 8.01. The summed E-state index contributed by atoms with van der Waals surface area (Å²) in [4.78, 5) is 24.5. The Morgan fingerprint density at radius 2 is 1.84 bits per heavy atom. The molecule has 0 unspecified atom stereocenters. The van der Waals surface area contributed by atoms with Crippen molar-refractivity contribution < 1.29 is 4.79 Å². The third-order valence-corrected chi connectivity index (χ3v) is 3.69. The van der Waals surface area contributed by atoms with Crippen molar-refractivity contribution in [1.82, 2.24) is 20.3 Å². The second-order valence-corrected chi connectivity index (χ2v) is 5.51. The number of benzene rings is 1. The number of rotatable bonds is 6. The van der Waals surface area contributed by atoms with Crippen LogP contribution in [0, 0.1) is 0 Å². The molecule has 2 N–H and O–H groups in total. The van der Waals surface area contributed by atoms with Gasteiger partial charge in [-0.25, -0.2) is 9.97 Å². The number of nitrogens with one attached hydrogen (secondary N) is 2. The predicted octanol–water partition coefficient (Wildman–Crippen LogP) is 3.11. The van der Waals surface area contributed by atoms with E-state index in [4.69, 9.17) is 0 Å². The molecule has 0 spiro atoms. The summed E-state index contributed by atoms with van der Waals surface area (Å²) in [6, 6.07) is 11.8. The Hall–Kier alpha value is -3.28. The molecule has 0 radical (unpaired) electrons. The van der Waals surface area contributed by atoms with Gasteiger partial charge in [-0.15, -0.1) is 0 Å². The third-order valence-electron chi connectivity index (χ3n) is 3.69. The van der Waals surface area contributed by atoms with E-state index in [0.717, 1.165) is 17.7 Å². The minimum Gasteiger partial charge on any atom is -0.347 e. The normalized spacial score (nSPS) is 10.3. The number of hydrogen-bond donors (Lipinski definition) is 2. The standard InChI is InChI=1S/C19H19N5O/c1-2-14-5-7-16(8-6-14)24-18-13-21-17(12-22-18)19(25)23-11-15-4-3-9-20-10-15/h3-10,12-13H,2,11H2,1H3,(H,22,24)(H,23,25). The SMILES string of the molecule is CCc1ccc(Nc2cnc(C(=O)NCc3cccnc3)cn2)cc1. The van der Waals surface area contributed by atoms with E-state index in [0.29, 0.717) is 12.4 Å². The molecule has 1 aromatic carbocycles. The molecule has 1 amide bonds. The zero-order valence-electron chi connectivity index (χ0n) is 13.9. The van der Waals surface area contributed by atoms with Gasteiger partial charge in [-0.3, -0.25) is 9.78 Å². The van der Waals surface area contributed by atoms with E-state index in [-0.39, 0.29) is 11.6 Å². The number of amides is 1. The summed E-state index contributed by atoms with van der Waals surface area (Å²) in [5.41, 5.74) is 3.41. The van der Waals surface area contributed by atoms with Gasteiger partial charge in [0.1, 0.15) is 11.5 Å². The number of nitrogens with zero attached hydrogens (tertiary/aromatic N) is 3.